The van der Waals surface area contributed by atoms with Crippen molar-refractivity contribution in [2.24, 2.45) is 5.92 Å². The van der Waals surface area contributed by atoms with Crippen LogP contribution in [0, 0.1) is 5.92 Å². The van der Waals surface area contributed by atoms with Crippen LogP contribution in [0.3, 0.4) is 0 Å². The van der Waals surface area contributed by atoms with Gasteiger partial charge in [0.05, 0.1) is 22.7 Å². The summed E-state index contributed by atoms with van der Waals surface area (Å²) in [6.45, 7) is 4.83. The molecule has 0 aromatic heterocycles. The summed E-state index contributed by atoms with van der Waals surface area (Å²) in [6.07, 6.45) is -11.3. The number of fused-ring (bicyclic) bond motifs is 1. The van der Waals surface area contributed by atoms with E-state index in [-0.39, 0.29) is 29.6 Å². The van der Waals surface area contributed by atoms with Crippen LogP contribution in [0.5, 0.6) is 5.75 Å². The zero-order chi connectivity index (χ0) is 28.7. The number of anilines is 2. The highest BCUT2D eigenvalue weighted by atomic mass is 32.2. The smallest absolute Gasteiger partial charge is 0.427 e. The van der Waals surface area contributed by atoms with Crippen LogP contribution in [0.4, 0.5) is 42.5 Å². The third-order valence-electron chi connectivity index (χ3n) is 5.65. The number of benzene rings is 2. The van der Waals surface area contributed by atoms with Crippen molar-refractivity contribution in [2.75, 3.05) is 16.2 Å². The minimum Gasteiger partial charge on any atom is -0.486 e. The minimum absolute atomic E-state index is 0.0620. The highest BCUT2D eigenvalue weighted by molar-refractivity contribution is 7.92. The molecule has 210 valence electrons. The van der Waals surface area contributed by atoms with Crippen LogP contribution >= 0.6 is 0 Å². The third kappa shape index (κ3) is 6.45. The molecule has 3 rings (SSSR count). The van der Waals surface area contributed by atoms with Crippen LogP contribution in [-0.4, -0.2) is 38.9 Å². The molecule has 1 unspecified atom stereocenters. The predicted molar refractivity (Wildman–Crippen MR) is 127 cm³/mol. The number of sulfonamides is 1. The van der Waals surface area contributed by atoms with E-state index < -0.39 is 50.6 Å². The van der Waals surface area contributed by atoms with Gasteiger partial charge in [0.15, 0.2) is 0 Å². The zero-order valence-corrected chi connectivity index (χ0v) is 21.6. The second-order valence-corrected chi connectivity index (χ2v) is 11.5. The van der Waals surface area contributed by atoms with E-state index in [0.29, 0.717) is 26.3 Å². The quantitative estimate of drug-likeness (QED) is 0.397. The van der Waals surface area contributed by atoms with E-state index in [2.05, 4.69) is 10.1 Å². The Kier molecular flexibility index (Phi) is 7.88. The molecule has 1 aliphatic heterocycles. The van der Waals surface area contributed by atoms with Gasteiger partial charge in [-0.05, 0) is 62.6 Å². The van der Waals surface area contributed by atoms with Gasteiger partial charge in [-0.15, -0.1) is 0 Å². The van der Waals surface area contributed by atoms with Gasteiger partial charge in [0, 0.05) is 5.69 Å². The fourth-order valence-electron chi connectivity index (χ4n) is 3.66. The van der Waals surface area contributed by atoms with Crippen molar-refractivity contribution in [3.8, 4) is 5.75 Å². The average Bonchev–Trinajstić information content (AvgIpc) is 2.76. The lowest BCUT2D eigenvalue weighted by Gasteiger charge is -2.36. The lowest BCUT2D eigenvalue weighted by atomic mass is 10.0. The van der Waals surface area contributed by atoms with Crippen LogP contribution in [0.15, 0.2) is 47.4 Å². The second-order valence-electron chi connectivity index (χ2n) is 9.64. The molecule has 0 radical (unpaired) electrons. The van der Waals surface area contributed by atoms with Gasteiger partial charge in [-0.2, -0.15) is 26.3 Å². The molecule has 1 aliphatic rings. The Bertz CT molecular complexity index is 1290. The van der Waals surface area contributed by atoms with Crippen molar-refractivity contribution in [3.05, 3.63) is 48.0 Å². The van der Waals surface area contributed by atoms with Gasteiger partial charge >= 0.3 is 18.4 Å². The van der Waals surface area contributed by atoms with Gasteiger partial charge in [-0.3, -0.25) is 9.62 Å². The van der Waals surface area contributed by atoms with Crippen LogP contribution in [0.2, 0.25) is 0 Å². The van der Waals surface area contributed by atoms with E-state index in [1.54, 1.807) is 0 Å². The summed E-state index contributed by atoms with van der Waals surface area (Å²) in [5, 5.41) is 2.12. The molecule has 1 amide bonds. The van der Waals surface area contributed by atoms with Gasteiger partial charge in [-0.25, -0.2) is 13.2 Å². The number of hydrogen-bond acceptors (Lipinski definition) is 5. The number of ether oxygens (including phenoxy) is 2. The molecule has 0 spiro atoms. The SMILES string of the molecule is CC(C)CC1CN(S(=O)(=O)c2cccc(C(F)(F)F)c2)c2cc(NC(=O)OC(C)(C)C(F)(F)F)ccc2O1. The monoisotopic (exact) mass is 568 g/mol. The zero-order valence-electron chi connectivity index (χ0n) is 20.8. The molecule has 1 atom stereocenters. The number of alkyl halides is 6. The summed E-state index contributed by atoms with van der Waals surface area (Å²) in [5.41, 5.74) is -4.20. The first-order chi connectivity index (χ1) is 17.3. The Balaban J connectivity index is 2.01. The molecule has 2 aromatic carbocycles. The fraction of sp³-hybridized carbons (Fsp3) is 0.458. The highest BCUT2D eigenvalue weighted by Gasteiger charge is 2.51. The predicted octanol–water partition coefficient (Wildman–Crippen LogP) is 6.60. The van der Waals surface area contributed by atoms with E-state index in [0.717, 1.165) is 28.6 Å². The van der Waals surface area contributed by atoms with Crippen molar-refractivity contribution >= 4 is 27.5 Å². The van der Waals surface area contributed by atoms with Crippen LogP contribution in [0.1, 0.15) is 39.7 Å². The molecular formula is C24H26F6N2O5S. The van der Waals surface area contributed by atoms with E-state index in [4.69, 9.17) is 4.74 Å². The third-order valence-corrected chi connectivity index (χ3v) is 7.43. The number of carbonyl (C=O) groups is 1. The number of halogens is 6. The molecule has 14 heteroatoms. The van der Waals surface area contributed by atoms with Gasteiger partial charge in [0.2, 0.25) is 5.60 Å². The Morgan fingerprint density at radius 2 is 1.76 bits per heavy atom. The van der Waals surface area contributed by atoms with Crippen molar-refractivity contribution in [1.29, 1.82) is 0 Å². The lowest BCUT2D eigenvalue weighted by Crippen LogP contribution is -2.44. The number of rotatable bonds is 6. The Morgan fingerprint density at radius 3 is 2.34 bits per heavy atom. The number of amides is 1. The van der Waals surface area contributed by atoms with Crippen LogP contribution in [0.25, 0.3) is 0 Å². The minimum atomic E-state index is -4.85. The molecule has 0 bridgehead atoms. The van der Waals surface area contributed by atoms with Gasteiger partial charge in [0.25, 0.3) is 10.0 Å². The summed E-state index contributed by atoms with van der Waals surface area (Å²) in [7, 11) is -4.56. The van der Waals surface area contributed by atoms with Crippen molar-refractivity contribution in [3.63, 3.8) is 0 Å². The van der Waals surface area contributed by atoms with Crippen molar-refractivity contribution in [1.82, 2.24) is 0 Å². The van der Waals surface area contributed by atoms with E-state index in [9.17, 15) is 39.6 Å². The normalized spacial score (nSPS) is 16.6. The molecule has 7 nitrogen and oxygen atoms in total. The van der Waals surface area contributed by atoms with Gasteiger partial charge < -0.3 is 9.47 Å². The highest BCUT2D eigenvalue weighted by Crippen LogP contribution is 2.41. The number of nitrogens with zero attached hydrogens (tertiary/aromatic N) is 1. The molecule has 1 heterocycles. The summed E-state index contributed by atoms with van der Waals surface area (Å²) in [5.74, 6) is 0.152. The summed E-state index contributed by atoms with van der Waals surface area (Å²) >= 11 is 0. The molecule has 1 N–H and O–H groups in total. The first kappa shape index (κ1) is 29.4. The number of hydrogen-bond donors (Lipinski definition) is 1. The summed E-state index contributed by atoms with van der Waals surface area (Å²) < 4.78 is 117. The standard InChI is InChI=1S/C24H26F6N2O5S/c1-14(2)10-17-13-32(38(34,35)18-7-5-6-15(11-18)23(25,26)27)19-12-16(8-9-20(19)36-17)31-21(33)37-22(3,4)24(28,29)30/h5-9,11-12,14,17H,10,13H2,1-4H3,(H,31,33). The first-order valence-electron chi connectivity index (χ1n) is 11.4. The Morgan fingerprint density at radius 1 is 1.11 bits per heavy atom. The van der Waals surface area contributed by atoms with E-state index in [1.165, 1.54) is 12.1 Å². The Labute approximate surface area is 215 Å². The summed E-state index contributed by atoms with van der Waals surface area (Å²) in [6, 6.07) is 6.96. The first-order valence-corrected chi connectivity index (χ1v) is 12.8. The second kappa shape index (κ2) is 10.2. The average molecular weight is 569 g/mol. The van der Waals surface area contributed by atoms with Gasteiger partial charge in [-0.1, -0.05) is 19.9 Å². The molecule has 0 saturated heterocycles. The van der Waals surface area contributed by atoms with E-state index >= 15 is 0 Å². The van der Waals surface area contributed by atoms with Crippen LogP contribution in [-0.2, 0) is 20.9 Å². The maximum Gasteiger partial charge on any atom is 0.427 e. The number of nitrogens with one attached hydrogen (secondary N) is 1. The summed E-state index contributed by atoms with van der Waals surface area (Å²) in [4.78, 5) is 11.5. The van der Waals surface area contributed by atoms with E-state index in [1.807, 2.05) is 13.8 Å². The molecular weight excluding hydrogens is 542 g/mol. The Hall–Kier alpha value is -3.16. The van der Waals surface area contributed by atoms with Crippen molar-refractivity contribution < 1.29 is 49.0 Å². The van der Waals surface area contributed by atoms with Gasteiger partial charge in [0.1, 0.15) is 11.9 Å². The topological polar surface area (TPSA) is 84.9 Å². The maximum absolute atomic E-state index is 13.6. The molecule has 0 aliphatic carbocycles. The largest absolute Gasteiger partial charge is 0.486 e. The molecule has 2 aromatic rings. The van der Waals surface area contributed by atoms with Crippen LogP contribution < -0.4 is 14.4 Å². The molecule has 0 saturated carbocycles. The molecule has 0 fully saturated rings. The number of carbonyl (C=O) groups excluding carboxylic acids is 1. The fourth-order valence-corrected chi connectivity index (χ4v) is 5.20. The maximum atomic E-state index is 13.6. The van der Waals surface area contributed by atoms with Crippen molar-refractivity contribution in [2.45, 2.75) is 63.1 Å². The molecule has 38 heavy (non-hydrogen) atoms. The lowest BCUT2D eigenvalue weighted by molar-refractivity contribution is -0.242.